The zero-order valence-corrected chi connectivity index (χ0v) is 11.8. The predicted molar refractivity (Wildman–Crippen MR) is 77.1 cm³/mol. The van der Waals surface area contributed by atoms with E-state index < -0.39 is 0 Å². The molecule has 4 nitrogen and oxygen atoms in total. The second-order valence-electron chi connectivity index (χ2n) is 4.58. The zero-order chi connectivity index (χ0) is 14.1. The van der Waals surface area contributed by atoms with Crippen LogP contribution in [-0.2, 0) is 4.79 Å². The molecule has 0 unspecified atom stereocenters. The predicted octanol–water partition coefficient (Wildman–Crippen LogP) is 2.39. The molecule has 0 spiro atoms. The summed E-state index contributed by atoms with van der Waals surface area (Å²) in [6.45, 7) is 4.91. The van der Waals surface area contributed by atoms with Gasteiger partial charge in [0, 0.05) is 12.6 Å². The van der Waals surface area contributed by atoms with Crippen LogP contribution < -0.4 is 15.8 Å². The lowest BCUT2D eigenvalue weighted by molar-refractivity contribution is -0.123. The van der Waals surface area contributed by atoms with Crippen LogP contribution in [0.2, 0.25) is 0 Å². The SMILES string of the molecule is CCCCNC(=O)COc1ccc([C@H](N)CC)cc1. The van der Waals surface area contributed by atoms with Gasteiger partial charge < -0.3 is 15.8 Å². The first-order valence-corrected chi connectivity index (χ1v) is 6.92. The Balaban J connectivity index is 2.35. The average Bonchev–Trinajstić information content (AvgIpc) is 2.45. The fraction of sp³-hybridized carbons (Fsp3) is 0.533. The fourth-order valence-corrected chi connectivity index (χ4v) is 1.65. The highest BCUT2D eigenvalue weighted by Crippen LogP contribution is 2.18. The number of nitrogens with one attached hydrogen (secondary N) is 1. The Morgan fingerprint density at radius 1 is 1.32 bits per heavy atom. The van der Waals surface area contributed by atoms with Crippen molar-refractivity contribution in [1.29, 1.82) is 0 Å². The summed E-state index contributed by atoms with van der Waals surface area (Å²) in [5.41, 5.74) is 7.02. The molecule has 0 aliphatic rings. The minimum absolute atomic E-state index is 0.0584. The van der Waals surface area contributed by atoms with Gasteiger partial charge in [-0.1, -0.05) is 32.4 Å². The number of ether oxygens (including phenoxy) is 1. The largest absolute Gasteiger partial charge is 0.484 e. The van der Waals surface area contributed by atoms with Crippen molar-refractivity contribution in [1.82, 2.24) is 5.32 Å². The van der Waals surface area contributed by atoms with Crippen LogP contribution in [0.15, 0.2) is 24.3 Å². The molecule has 1 amide bonds. The van der Waals surface area contributed by atoms with Crippen LogP contribution in [0, 0.1) is 0 Å². The summed E-state index contributed by atoms with van der Waals surface area (Å²) < 4.78 is 5.41. The number of benzene rings is 1. The molecular formula is C15H24N2O2. The normalized spacial score (nSPS) is 11.9. The Bertz CT molecular complexity index is 376. The van der Waals surface area contributed by atoms with Gasteiger partial charge in [-0.15, -0.1) is 0 Å². The van der Waals surface area contributed by atoms with E-state index in [0.717, 1.165) is 24.8 Å². The van der Waals surface area contributed by atoms with Crippen molar-refractivity contribution in [2.75, 3.05) is 13.2 Å². The molecule has 0 aliphatic heterocycles. The quantitative estimate of drug-likeness (QED) is 0.709. The number of carbonyl (C=O) groups is 1. The van der Waals surface area contributed by atoms with Gasteiger partial charge in [-0.05, 0) is 30.5 Å². The molecular weight excluding hydrogens is 240 g/mol. The van der Waals surface area contributed by atoms with Crippen LogP contribution in [0.1, 0.15) is 44.7 Å². The van der Waals surface area contributed by atoms with Gasteiger partial charge in [0.15, 0.2) is 6.61 Å². The van der Waals surface area contributed by atoms with Crippen molar-refractivity contribution in [3.8, 4) is 5.75 Å². The topological polar surface area (TPSA) is 64.3 Å². The molecule has 1 rings (SSSR count). The Hall–Kier alpha value is -1.55. The number of nitrogens with two attached hydrogens (primary N) is 1. The second-order valence-corrected chi connectivity index (χ2v) is 4.58. The van der Waals surface area contributed by atoms with Crippen molar-refractivity contribution in [3.05, 3.63) is 29.8 Å². The van der Waals surface area contributed by atoms with Crippen LogP contribution >= 0.6 is 0 Å². The molecule has 0 heterocycles. The lowest BCUT2D eigenvalue weighted by Gasteiger charge is -2.11. The van der Waals surface area contributed by atoms with E-state index in [9.17, 15) is 4.79 Å². The van der Waals surface area contributed by atoms with Crippen LogP contribution in [0.3, 0.4) is 0 Å². The molecule has 1 aromatic rings. The molecule has 19 heavy (non-hydrogen) atoms. The summed E-state index contributed by atoms with van der Waals surface area (Å²) in [5.74, 6) is 0.612. The molecule has 0 radical (unpaired) electrons. The van der Waals surface area contributed by atoms with E-state index in [-0.39, 0.29) is 18.6 Å². The van der Waals surface area contributed by atoms with Crippen molar-refractivity contribution in [2.24, 2.45) is 5.73 Å². The highest BCUT2D eigenvalue weighted by Gasteiger charge is 2.04. The Kier molecular flexibility index (Phi) is 6.97. The number of hydrogen-bond acceptors (Lipinski definition) is 3. The Morgan fingerprint density at radius 3 is 2.58 bits per heavy atom. The summed E-state index contributed by atoms with van der Waals surface area (Å²) >= 11 is 0. The van der Waals surface area contributed by atoms with Gasteiger partial charge >= 0.3 is 0 Å². The molecule has 106 valence electrons. The summed E-state index contributed by atoms with van der Waals surface area (Å²) in [6.07, 6.45) is 2.97. The third-order valence-corrected chi connectivity index (χ3v) is 2.97. The van der Waals surface area contributed by atoms with Gasteiger partial charge in [0.1, 0.15) is 5.75 Å². The molecule has 0 bridgehead atoms. The maximum absolute atomic E-state index is 11.5. The first-order chi connectivity index (χ1) is 9.17. The van der Waals surface area contributed by atoms with E-state index in [1.54, 1.807) is 0 Å². The molecule has 1 aromatic carbocycles. The highest BCUT2D eigenvalue weighted by molar-refractivity contribution is 5.77. The van der Waals surface area contributed by atoms with E-state index in [4.69, 9.17) is 10.5 Å². The standard InChI is InChI=1S/C15H24N2O2/c1-3-5-10-17-15(18)11-19-13-8-6-12(7-9-13)14(16)4-2/h6-9,14H,3-5,10-11,16H2,1-2H3,(H,17,18)/t14-/m1/s1. The van der Waals surface area contributed by atoms with Crippen molar-refractivity contribution < 1.29 is 9.53 Å². The molecule has 4 heteroatoms. The van der Waals surface area contributed by atoms with E-state index in [2.05, 4.69) is 19.2 Å². The summed E-state index contributed by atoms with van der Waals surface area (Å²) in [7, 11) is 0. The molecule has 0 fully saturated rings. The number of unbranched alkanes of at least 4 members (excludes halogenated alkanes) is 1. The summed E-state index contributed by atoms with van der Waals surface area (Å²) in [6, 6.07) is 7.65. The van der Waals surface area contributed by atoms with E-state index in [1.165, 1.54) is 0 Å². The van der Waals surface area contributed by atoms with Crippen LogP contribution in [0.5, 0.6) is 5.75 Å². The van der Waals surface area contributed by atoms with Crippen molar-refractivity contribution in [2.45, 2.75) is 39.2 Å². The molecule has 0 saturated carbocycles. The lowest BCUT2D eigenvalue weighted by atomic mass is 10.1. The van der Waals surface area contributed by atoms with E-state index >= 15 is 0 Å². The van der Waals surface area contributed by atoms with Gasteiger partial charge in [0.2, 0.25) is 0 Å². The van der Waals surface area contributed by atoms with Gasteiger partial charge in [-0.2, -0.15) is 0 Å². The number of carbonyl (C=O) groups excluding carboxylic acids is 1. The number of hydrogen-bond donors (Lipinski definition) is 2. The molecule has 0 saturated heterocycles. The third kappa shape index (κ3) is 5.75. The van der Waals surface area contributed by atoms with E-state index in [0.29, 0.717) is 12.3 Å². The van der Waals surface area contributed by atoms with Gasteiger partial charge in [-0.25, -0.2) is 0 Å². The second kappa shape index (κ2) is 8.53. The average molecular weight is 264 g/mol. The first kappa shape index (κ1) is 15.5. The molecule has 1 atom stereocenters. The van der Waals surface area contributed by atoms with E-state index in [1.807, 2.05) is 24.3 Å². The maximum Gasteiger partial charge on any atom is 0.257 e. The fourth-order valence-electron chi connectivity index (χ4n) is 1.65. The summed E-state index contributed by atoms with van der Waals surface area (Å²) in [4.78, 5) is 11.5. The van der Waals surface area contributed by atoms with Gasteiger partial charge in [0.25, 0.3) is 5.91 Å². The molecule has 0 aliphatic carbocycles. The van der Waals surface area contributed by atoms with Gasteiger partial charge in [-0.3, -0.25) is 4.79 Å². The van der Waals surface area contributed by atoms with Crippen molar-refractivity contribution in [3.63, 3.8) is 0 Å². The van der Waals surface area contributed by atoms with Crippen molar-refractivity contribution >= 4 is 5.91 Å². The van der Waals surface area contributed by atoms with Crippen LogP contribution in [0.25, 0.3) is 0 Å². The highest BCUT2D eigenvalue weighted by atomic mass is 16.5. The minimum atomic E-state index is -0.0808. The lowest BCUT2D eigenvalue weighted by Crippen LogP contribution is -2.29. The minimum Gasteiger partial charge on any atom is -0.484 e. The molecule has 3 N–H and O–H groups in total. The Labute approximate surface area is 115 Å². The smallest absolute Gasteiger partial charge is 0.257 e. The Morgan fingerprint density at radius 2 is 2.00 bits per heavy atom. The number of amides is 1. The summed E-state index contributed by atoms with van der Waals surface area (Å²) in [5, 5.41) is 2.81. The monoisotopic (exact) mass is 264 g/mol. The van der Waals surface area contributed by atoms with Gasteiger partial charge in [0.05, 0.1) is 0 Å². The maximum atomic E-state index is 11.5. The van der Waals surface area contributed by atoms with Crippen LogP contribution in [0.4, 0.5) is 0 Å². The third-order valence-electron chi connectivity index (χ3n) is 2.97. The zero-order valence-electron chi connectivity index (χ0n) is 11.8. The molecule has 0 aromatic heterocycles. The first-order valence-electron chi connectivity index (χ1n) is 6.92. The number of rotatable bonds is 8. The van der Waals surface area contributed by atoms with Crippen LogP contribution in [-0.4, -0.2) is 19.1 Å².